The third kappa shape index (κ3) is 3.14. The van der Waals surface area contributed by atoms with Crippen molar-refractivity contribution in [1.29, 1.82) is 0 Å². The van der Waals surface area contributed by atoms with E-state index in [0.717, 1.165) is 20.9 Å². The maximum absolute atomic E-state index is 11.8. The fraction of sp³-hybridized carbons (Fsp3) is 0.188. The Balaban J connectivity index is 2.41. The highest BCUT2D eigenvalue weighted by atomic mass is 32.2. The summed E-state index contributed by atoms with van der Waals surface area (Å²) >= 11 is 1.48. The summed E-state index contributed by atoms with van der Waals surface area (Å²) in [6.45, 7) is 3.99. The Kier molecular flexibility index (Phi) is 4.35. The Labute approximate surface area is 123 Å². The standard InChI is InChI=1S/C16H17NO2S/c1-10-5-7-14(13(17)8-10)20-15-9-11(2)4-6-12(15)16(18)19-3/h4-9H,17H2,1-3H3. The summed E-state index contributed by atoms with van der Waals surface area (Å²) in [5, 5.41) is 0. The number of nitrogen functional groups attached to an aromatic ring is 1. The minimum absolute atomic E-state index is 0.335. The van der Waals surface area contributed by atoms with Crippen LogP contribution in [0.2, 0.25) is 0 Å². The number of esters is 1. The van der Waals surface area contributed by atoms with Crippen molar-refractivity contribution in [2.45, 2.75) is 23.6 Å². The van der Waals surface area contributed by atoms with Gasteiger partial charge >= 0.3 is 5.97 Å². The molecule has 0 aromatic heterocycles. The highest BCUT2D eigenvalue weighted by Gasteiger charge is 2.14. The molecule has 2 rings (SSSR count). The van der Waals surface area contributed by atoms with Crippen LogP contribution in [0.3, 0.4) is 0 Å². The van der Waals surface area contributed by atoms with Crippen molar-refractivity contribution in [2.24, 2.45) is 0 Å². The maximum Gasteiger partial charge on any atom is 0.339 e. The number of hydrogen-bond donors (Lipinski definition) is 1. The molecule has 4 heteroatoms. The zero-order valence-electron chi connectivity index (χ0n) is 11.8. The van der Waals surface area contributed by atoms with Gasteiger partial charge in [-0.3, -0.25) is 0 Å². The molecule has 0 aliphatic rings. The minimum Gasteiger partial charge on any atom is -0.465 e. The molecular formula is C16H17NO2S. The Morgan fingerprint density at radius 3 is 2.35 bits per heavy atom. The van der Waals surface area contributed by atoms with Crippen LogP contribution in [0.4, 0.5) is 5.69 Å². The highest BCUT2D eigenvalue weighted by Crippen LogP contribution is 2.35. The first kappa shape index (κ1) is 14.5. The van der Waals surface area contributed by atoms with Gasteiger partial charge in [0, 0.05) is 15.5 Å². The van der Waals surface area contributed by atoms with E-state index < -0.39 is 0 Å². The van der Waals surface area contributed by atoms with Crippen LogP contribution in [0.25, 0.3) is 0 Å². The van der Waals surface area contributed by atoms with Crippen molar-refractivity contribution >= 4 is 23.4 Å². The van der Waals surface area contributed by atoms with Crippen LogP contribution in [0.15, 0.2) is 46.2 Å². The van der Waals surface area contributed by atoms with Gasteiger partial charge in [-0.25, -0.2) is 4.79 Å². The van der Waals surface area contributed by atoms with Crippen molar-refractivity contribution in [1.82, 2.24) is 0 Å². The Morgan fingerprint density at radius 2 is 1.70 bits per heavy atom. The van der Waals surface area contributed by atoms with Crippen LogP contribution in [-0.2, 0) is 4.74 Å². The van der Waals surface area contributed by atoms with Gasteiger partial charge in [0.25, 0.3) is 0 Å². The lowest BCUT2D eigenvalue weighted by Gasteiger charge is -2.10. The molecule has 3 nitrogen and oxygen atoms in total. The number of carbonyl (C=O) groups excluding carboxylic acids is 1. The first-order chi connectivity index (χ1) is 9.51. The second-order valence-electron chi connectivity index (χ2n) is 4.63. The molecule has 0 saturated carbocycles. The molecule has 0 fully saturated rings. The molecule has 20 heavy (non-hydrogen) atoms. The molecule has 0 bridgehead atoms. The SMILES string of the molecule is COC(=O)c1ccc(C)cc1Sc1ccc(C)cc1N. The van der Waals surface area contributed by atoms with E-state index in [2.05, 4.69) is 0 Å². The van der Waals surface area contributed by atoms with E-state index in [1.807, 2.05) is 44.2 Å². The van der Waals surface area contributed by atoms with Gasteiger partial charge in [0.1, 0.15) is 0 Å². The van der Waals surface area contributed by atoms with E-state index >= 15 is 0 Å². The van der Waals surface area contributed by atoms with Crippen molar-refractivity contribution < 1.29 is 9.53 Å². The Hall–Kier alpha value is -1.94. The zero-order chi connectivity index (χ0) is 14.7. The van der Waals surface area contributed by atoms with Gasteiger partial charge in [0.15, 0.2) is 0 Å². The maximum atomic E-state index is 11.8. The van der Waals surface area contributed by atoms with Crippen molar-refractivity contribution in [2.75, 3.05) is 12.8 Å². The molecule has 0 radical (unpaired) electrons. The number of anilines is 1. The van der Waals surface area contributed by atoms with Gasteiger partial charge in [-0.2, -0.15) is 0 Å². The molecule has 0 spiro atoms. The van der Waals surface area contributed by atoms with Gasteiger partial charge in [0.05, 0.1) is 12.7 Å². The summed E-state index contributed by atoms with van der Waals surface area (Å²) in [6, 6.07) is 11.6. The van der Waals surface area contributed by atoms with Gasteiger partial charge < -0.3 is 10.5 Å². The molecule has 0 aliphatic carbocycles. The lowest BCUT2D eigenvalue weighted by atomic mass is 10.1. The summed E-state index contributed by atoms with van der Waals surface area (Å²) in [6.07, 6.45) is 0. The van der Waals surface area contributed by atoms with E-state index in [1.165, 1.54) is 18.9 Å². The smallest absolute Gasteiger partial charge is 0.339 e. The summed E-state index contributed by atoms with van der Waals surface area (Å²) in [7, 11) is 1.39. The molecule has 0 aliphatic heterocycles. The van der Waals surface area contributed by atoms with Crippen LogP contribution in [0.5, 0.6) is 0 Å². The number of benzene rings is 2. The molecule has 0 heterocycles. The van der Waals surface area contributed by atoms with Crippen LogP contribution in [-0.4, -0.2) is 13.1 Å². The zero-order valence-corrected chi connectivity index (χ0v) is 12.6. The molecule has 2 aromatic rings. The predicted octanol–water partition coefficient (Wildman–Crippen LogP) is 3.82. The number of rotatable bonds is 3. The number of nitrogens with two attached hydrogens (primary N) is 1. The van der Waals surface area contributed by atoms with Crippen LogP contribution in [0.1, 0.15) is 21.5 Å². The van der Waals surface area contributed by atoms with Crippen LogP contribution in [0, 0.1) is 13.8 Å². The van der Waals surface area contributed by atoms with E-state index in [1.54, 1.807) is 6.07 Å². The summed E-state index contributed by atoms with van der Waals surface area (Å²) < 4.78 is 4.82. The average Bonchev–Trinajstić information content (AvgIpc) is 2.41. The van der Waals surface area contributed by atoms with Gasteiger partial charge in [0.2, 0.25) is 0 Å². The second-order valence-corrected chi connectivity index (χ2v) is 5.72. The van der Waals surface area contributed by atoms with Crippen LogP contribution >= 0.6 is 11.8 Å². The Morgan fingerprint density at radius 1 is 1.05 bits per heavy atom. The van der Waals surface area contributed by atoms with E-state index in [0.29, 0.717) is 11.3 Å². The van der Waals surface area contributed by atoms with Crippen LogP contribution < -0.4 is 5.73 Å². The van der Waals surface area contributed by atoms with Gasteiger partial charge in [-0.15, -0.1) is 0 Å². The third-order valence-corrected chi connectivity index (χ3v) is 4.08. The topological polar surface area (TPSA) is 52.3 Å². The van der Waals surface area contributed by atoms with Crippen molar-refractivity contribution in [3.8, 4) is 0 Å². The van der Waals surface area contributed by atoms with Gasteiger partial charge in [-0.05, 0) is 49.2 Å². The predicted molar refractivity (Wildman–Crippen MR) is 82.2 cm³/mol. The third-order valence-electron chi connectivity index (χ3n) is 2.93. The average molecular weight is 287 g/mol. The molecule has 2 aromatic carbocycles. The highest BCUT2D eigenvalue weighted by molar-refractivity contribution is 7.99. The molecular weight excluding hydrogens is 270 g/mol. The molecule has 0 unspecified atom stereocenters. The second kappa shape index (κ2) is 6.01. The number of ether oxygens (including phenoxy) is 1. The lowest BCUT2D eigenvalue weighted by molar-refractivity contribution is 0.0597. The molecule has 0 atom stereocenters. The normalized spacial score (nSPS) is 10.3. The summed E-state index contributed by atoms with van der Waals surface area (Å²) in [5.74, 6) is -0.335. The number of aryl methyl sites for hydroxylation is 2. The molecule has 104 valence electrons. The first-order valence-electron chi connectivity index (χ1n) is 6.24. The number of carbonyl (C=O) groups is 1. The molecule has 0 saturated heterocycles. The summed E-state index contributed by atoms with van der Waals surface area (Å²) in [5.41, 5.74) is 9.51. The largest absolute Gasteiger partial charge is 0.465 e. The van der Waals surface area contributed by atoms with E-state index in [9.17, 15) is 4.79 Å². The van der Waals surface area contributed by atoms with E-state index in [-0.39, 0.29) is 5.97 Å². The lowest BCUT2D eigenvalue weighted by Crippen LogP contribution is -2.03. The monoisotopic (exact) mass is 287 g/mol. The molecule has 2 N–H and O–H groups in total. The van der Waals surface area contributed by atoms with Gasteiger partial charge in [-0.1, -0.05) is 23.9 Å². The fourth-order valence-corrected chi connectivity index (χ4v) is 2.93. The van der Waals surface area contributed by atoms with Crippen molar-refractivity contribution in [3.63, 3.8) is 0 Å². The first-order valence-corrected chi connectivity index (χ1v) is 7.06. The fourth-order valence-electron chi connectivity index (χ4n) is 1.87. The minimum atomic E-state index is -0.335. The number of hydrogen-bond acceptors (Lipinski definition) is 4. The van der Waals surface area contributed by atoms with Crippen molar-refractivity contribution in [3.05, 3.63) is 53.1 Å². The van der Waals surface area contributed by atoms with E-state index in [4.69, 9.17) is 10.5 Å². The number of methoxy groups -OCH3 is 1. The summed E-state index contributed by atoms with van der Waals surface area (Å²) in [4.78, 5) is 13.6. The quantitative estimate of drug-likeness (QED) is 0.688. The Bertz CT molecular complexity index is 653. The molecule has 0 amide bonds.